The Kier molecular flexibility index (Phi) is 11.2. The molecule has 8 nitrogen and oxygen atoms in total. The van der Waals surface area contributed by atoms with Gasteiger partial charge < -0.3 is 29.9 Å². The van der Waals surface area contributed by atoms with E-state index in [0.29, 0.717) is 51.3 Å². The van der Waals surface area contributed by atoms with Crippen LogP contribution in [-0.4, -0.2) is 29.9 Å². The molecular weight excluding hydrogens is 704 g/mol. The molecule has 5 heterocycles. The van der Waals surface area contributed by atoms with Crippen LogP contribution in [0.3, 0.4) is 0 Å². The third kappa shape index (κ3) is 7.37. The van der Waals surface area contributed by atoms with Crippen LogP contribution in [0.25, 0.3) is 89.7 Å². The molecule has 0 saturated heterocycles. The van der Waals surface area contributed by atoms with Gasteiger partial charge in [0.2, 0.25) is 0 Å². The van der Waals surface area contributed by atoms with Crippen molar-refractivity contribution in [2.75, 3.05) is 0 Å². The molecule has 2 aliphatic heterocycles. The third-order valence-corrected chi connectivity index (χ3v) is 9.80. The second-order valence-corrected chi connectivity index (χ2v) is 14.1. The van der Waals surface area contributed by atoms with Crippen LogP contribution in [0.1, 0.15) is 67.7 Å². The minimum absolute atomic E-state index is 0. The first kappa shape index (κ1) is 37.5. The van der Waals surface area contributed by atoms with E-state index in [1.165, 1.54) is 19.3 Å². The van der Waals surface area contributed by atoms with Gasteiger partial charge in [0.1, 0.15) is 0 Å². The van der Waals surface area contributed by atoms with Gasteiger partial charge in [-0.3, -0.25) is 0 Å². The molecule has 9 heteroatoms. The Morgan fingerprint density at radius 2 is 0.774 bits per heavy atom. The van der Waals surface area contributed by atoms with E-state index in [4.69, 9.17) is 39.9 Å². The second kappa shape index (κ2) is 15.8. The average molecular weight is 748 g/mol. The summed E-state index contributed by atoms with van der Waals surface area (Å²) >= 11 is 0. The minimum Gasteiger partial charge on any atom is -0.357 e. The van der Waals surface area contributed by atoms with Crippen LogP contribution in [0.2, 0.25) is 0 Å². The number of rotatable bonds is 3. The predicted octanol–water partition coefficient (Wildman–Crippen LogP) is 11.0. The van der Waals surface area contributed by atoms with Gasteiger partial charge in [-0.1, -0.05) is 165 Å². The summed E-state index contributed by atoms with van der Waals surface area (Å²) in [5.74, 6) is 3.08. The minimum atomic E-state index is 0. The van der Waals surface area contributed by atoms with Crippen molar-refractivity contribution in [3.63, 3.8) is 0 Å². The van der Waals surface area contributed by atoms with Crippen molar-refractivity contribution in [3.05, 3.63) is 97.1 Å². The first-order valence-electron chi connectivity index (χ1n) is 18.4. The second-order valence-electron chi connectivity index (χ2n) is 14.1. The Morgan fingerprint density at radius 3 is 1.04 bits per heavy atom. The summed E-state index contributed by atoms with van der Waals surface area (Å²) in [4.78, 5) is 39.3. The zero-order valence-corrected chi connectivity index (χ0v) is 32.3. The molecule has 2 aliphatic rings. The number of aromatic nitrogens is 8. The van der Waals surface area contributed by atoms with Crippen molar-refractivity contribution in [2.45, 2.75) is 67.7 Å². The van der Waals surface area contributed by atoms with E-state index in [2.05, 4.69) is 34.6 Å². The Morgan fingerprint density at radius 1 is 0.491 bits per heavy atom. The molecule has 0 N–H and O–H groups in total. The van der Waals surface area contributed by atoms with Gasteiger partial charge in [0.05, 0.1) is 23.3 Å². The molecule has 0 fully saturated rings. The normalized spacial score (nSPS) is 12.1. The molecule has 1 unspecified atom stereocenters. The van der Waals surface area contributed by atoms with E-state index in [-0.39, 0.29) is 17.1 Å². The summed E-state index contributed by atoms with van der Waals surface area (Å²) in [7, 11) is 0. The Hall–Kier alpha value is -5.24. The van der Waals surface area contributed by atoms with Crippen LogP contribution in [-0.2, 0) is 17.1 Å². The fourth-order valence-corrected chi connectivity index (χ4v) is 6.40. The van der Waals surface area contributed by atoms with Crippen LogP contribution < -0.4 is 9.97 Å². The molecular formula is C44H44CuN8-. The number of hydrogen-bond donors (Lipinski definition) is 0. The van der Waals surface area contributed by atoms with Gasteiger partial charge in [0.15, 0.2) is 0 Å². The van der Waals surface area contributed by atoms with E-state index in [9.17, 15) is 0 Å². The zero-order valence-electron chi connectivity index (χ0n) is 31.3. The Bertz CT molecular complexity index is 2240. The number of nitrogens with zero attached hydrogens (tertiary/aromatic N) is 8. The van der Waals surface area contributed by atoms with E-state index in [0.717, 1.165) is 49.7 Å². The largest absolute Gasteiger partial charge is 1.00 e. The van der Waals surface area contributed by atoms with Crippen molar-refractivity contribution < 1.29 is 17.1 Å². The summed E-state index contributed by atoms with van der Waals surface area (Å²) in [5.41, 5.74) is 6.29. The number of fused-ring (bicyclic) bond motifs is 20. The average Bonchev–Trinajstić information content (AvgIpc) is 3.90. The van der Waals surface area contributed by atoms with Crippen LogP contribution in [0.5, 0.6) is 0 Å². The number of unbranched alkanes of at least 4 members (excludes halogenated alkanes) is 1. The standard InChI is InChI=1S/C32H16N8.C10H22.C2H6.Cu/c1-2-10-18-17(9-1)25-33-26(18)38-28-21-13-5-6-14-22(21)30(35-28)40-32-24-16-8-7-15-23(24)31(36-32)39-29-20-12-4-3-11-19(20)27(34-29)37-25;1-6-7-8-9(2)10(3,4)5;1-2;/h1-16H;9H,6-8H2,1-5H3;1-2H3;/q-2;;;+1. The monoisotopic (exact) mass is 747 g/mol. The summed E-state index contributed by atoms with van der Waals surface area (Å²) < 4.78 is 0. The van der Waals surface area contributed by atoms with Gasteiger partial charge in [-0.15, -0.1) is 0 Å². The van der Waals surface area contributed by atoms with Gasteiger partial charge in [0, 0.05) is 44.8 Å². The van der Waals surface area contributed by atoms with Crippen LogP contribution in [0.15, 0.2) is 97.1 Å². The maximum Gasteiger partial charge on any atom is 1.00 e. The smallest absolute Gasteiger partial charge is 0.357 e. The summed E-state index contributed by atoms with van der Waals surface area (Å²) in [6.45, 7) is 15.6. The van der Waals surface area contributed by atoms with E-state index >= 15 is 0 Å². The first-order valence-corrected chi connectivity index (χ1v) is 18.4. The molecule has 0 spiro atoms. The molecule has 4 aromatic carbocycles. The van der Waals surface area contributed by atoms with Crippen molar-refractivity contribution in [1.29, 1.82) is 0 Å². The SMILES string of the molecule is CC.CCCCC(C)C(C)(C)C.[Cu+].c1ccc2c(c1)-c1nc-2nc2[n-]c(nc3nc(nc4[n-]c(n1)c1ccccc41)-c1ccccc1-3)c1ccccc21. The Labute approximate surface area is 321 Å². The van der Waals surface area contributed by atoms with E-state index in [1.54, 1.807) is 0 Å². The van der Waals surface area contributed by atoms with Gasteiger partial charge in [-0.25, -0.2) is 9.97 Å². The van der Waals surface area contributed by atoms with E-state index < -0.39 is 0 Å². The van der Waals surface area contributed by atoms with Crippen molar-refractivity contribution in [2.24, 2.45) is 11.3 Å². The summed E-state index contributed by atoms with van der Waals surface area (Å²) in [6.07, 6.45) is 4.11. The van der Waals surface area contributed by atoms with Gasteiger partial charge in [0.25, 0.3) is 0 Å². The number of benzene rings is 4. The van der Waals surface area contributed by atoms with Crippen molar-refractivity contribution in [1.82, 2.24) is 39.9 Å². The summed E-state index contributed by atoms with van der Waals surface area (Å²) in [5, 5.41) is 3.57. The molecule has 0 aliphatic carbocycles. The molecule has 0 saturated carbocycles. The molecule has 272 valence electrons. The maximum atomic E-state index is 4.95. The molecule has 7 aromatic rings. The quantitative estimate of drug-likeness (QED) is 0.164. The molecule has 53 heavy (non-hydrogen) atoms. The van der Waals surface area contributed by atoms with Gasteiger partial charge >= 0.3 is 17.1 Å². The summed E-state index contributed by atoms with van der Waals surface area (Å²) in [6, 6.07) is 31.8. The van der Waals surface area contributed by atoms with Gasteiger partial charge in [-0.2, -0.15) is 0 Å². The third-order valence-electron chi connectivity index (χ3n) is 9.80. The van der Waals surface area contributed by atoms with Crippen LogP contribution >= 0.6 is 0 Å². The maximum absolute atomic E-state index is 4.95. The van der Waals surface area contributed by atoms with Crippen LogP contribution in [0, 0.1) is 11.3 Å². The Balaban J connectivity index is 0.000000325. The fourth-order valence-electron chi connectivity index (χ4n) is 6.40. The zero-order chi connectivity index (χ0) is 36.4. The van der Waals surface area contributed by atoms with E-state index in [1.807, 2.05) is 111 Å². The predicted molar refractivity (Wildman–Crippen MR) is 213 cm³/mol. The number of hydrogen-bond acceptors (Lipinski definition) is 6. The molecule has 0 radical (unpaired) electrons. The van der Waals surface area contributed by atoms with Crippen molar-refractivity contribution >= 4 is 44.1 Å². The molecule has 3 aromatic heterocycles. The topological polar surface area (TPSA) is 106 Å². The molecule has 1 atom stereocenters. The van der Waals surface area contributed by atoms with Crippen LogP contribution in [0.4, 0.5) is 0 Å². The first-order chi connectivity index (χ1) is 25.3. The fraction of sp³-hybridized carbons (Fsp3) is 0.273. The van der Waals surface area contributed by atoms with Gasteiger partial charge in [-0.05, 0) is 32.9 Å². The van der Waals surface area contributed by atoms with Crippen molar-refractivity contribution in [3.8, 4) is 45.6 Å². The molecule has 8 bridgehead atoms. The molecule has 9 rings (SSSR count). The molecule has 0 amide bonds.